The van der Waals surface area contributed by atoms with Crippen molar-refractivity contribution in [2.75, 3.05) is 13.4 Å². The van der Waals surface area contributed by atoms with Crippen LogP contribution in [0.5, 0.6) is 17.2 Å². The van der Waals surface area contributed by atoms with Crippen molar-refractivity contribution in [1.29, 1.82) is 0 Å². The summed E-state index contributed by atoms with van der Waals surface area (Å²) in [6.07, 6.45) is 5.68. The highest BCUT2D eigenvalue weighted by Gasteiger charge is 2.31. The van der Waals surface area contributed by atoms with Gasteiger partial charge in [-0.2, -0.15) is 0 Å². The van der Waals surface area contributed by atoms with Gasteiger partial charge in [0.1, 0.15) is 29.4 Å². The number of H-pyrrole nitrogens is 1. The zero-order valence-electron chi connectivity index (χ0n) is 22.1. The predicted octanol–water partition coefficient (Wildman–Crippen LogP) is 2.99. The van der Waals surface area contributed by atoms with Gasteiger partial charge in [0, 0.05) is 17.8 Å². The van der Waals surface area contributed by atoms with Crippen LogP contribution in [0.2, 0.25) is 0 Å². The van der Waals surface area contributed by atoms with Crippen LogP contribution in [0.4, 0.5) is 0 Å². The Labute approximate surface area is 225 Å². The van der Waals surface area contributed by atoms with E-state index in [4.69, 9.17) is 14.2 Å². The minimum absolute atomic E-state index is 0.000467. The van der Waals surface area contributed by atoms with E-state index in [1.807, 2.05) is 19.1 Å². The molecule has 39 heavy (non-hydrogen) atoms. The maximum atomic E-state index is 13.5. The van der Waals surface area contributed by atoms with E-state index >= 15 is 0 Å². The van der Waals surface area contributed by atoms with Crippen LogP contribution in [0.1, 0.15) is 61.5 Å². The normalized spacial score (nSPS) is 21.0. The van der Waals surface area contributed by atoms with Crippen LogP contribution >= 0.6 is 0 Å². The largest absolute Gasteiger partial charge is 0.492 e. The Morgan fingerprint density at radius 2 is 1.85 bits per heavy atom. The molecule has 11 nitrogen and oxygen atoms in total. The maximum absolute atomic E-state index is 13.5. The average Bonchev–Trinajstić information content (AvgIpc) is 3.51. The summed E-state index contributed by atoms with van der Waals surface area (Å²) >= 11 is 0. The SMILES string of the molecule is Cc1[nH]c2c(-c3c(OCC4CC4)ccc4c3OCO4)ncnc2c1C(=O)N[C@H]1CC[C@@H](NC(=O)[C@H](C)O)CC1. The number of aliphatic hydroxyl groups is 1. The van der Waals surface area contributed by atoms with Gasteiger partial charge in [0.05, 0.1) is 23.3 Å². The molecule has 3 aromatic rings. The molecule has 1 atom stereocenters. The Morgan fingerprint density at radius 1 is 1.10 bits per heavy atom. The highest BCUT2D eigenvalue weighted by molar-refractivity contribution is 6.09. The summed E-state index contributed by atoms with van der Waals surface area (Å²) < 4.78 is 17.6. The molecule has 0 unspecified atom stereocenters. The number of benzene rings is 1. The van der Waals surface area contributed by atoms with Crippen molar-refractivity contribution >= 4 is 22.8 Å². The second-order valence-electron chi connectivity index (χ2n) is 10.7. The molecule has 3 heterocycles. The third-order valence-electron chi connectivity index (χ3n) is 7.70. The van der Waals surface area contributed by atoms with Crippen LogP contribution in [0, 0.1) is 12.8 Å². The predicted molar refractivity (Wildman–Crippen MR) is 142 cm³/mol. The molecule has 0 saturated heterocycles. The molecule has 0 radical (unpaired) electrons. The third-order valence-corrected chi connectivity index (χ3v) is 7.70. The first kappa shape index (κ1) is 25.4. The van der Waals surface area contributed by atoms with Gasteiger partial charge in [0.15, 0.2) is 11.5 Å². The zero-order chi connectivity index (χ0) is 27.1. The summed E-state index contributed by atoms with van der Waals surface area (Å²) in [6, 6.07) is 3.70. The Bertz CT molecular complexity index is 1410. The highest BCUT2D eigenvalue weighted by Crippen LogP contribution is 2.48. The number of nitrogens with one attached hydrogen (secondary N) is 3. The van der Waals surface area contributed by atoms with Crippen molar-refractivity contribution < 1.29 is 28.9 Å². The summed E-state index contributed by atoms with van der Waals surface area (Å²) in [6.45, 7) is 4.05. The smallest absolute Gasteiger partial charge is 0.255 e. The number of carbonyl (C=O) groups excluding carboxylic acids is 2. The van der Waals surface area contributed by atoms with Crippen molar-refractivity contribution in [2.45, 2.75) is 70.6 Å². The lowest BCUT2D eigenvalue weighted by Gasteiger charge is -2.30. The van der Waals surface area contributed by atoms with Crippen LogP contribution in [0.3, 0.4) is 0 Å². The zero-order valence-corrected chi connectivity index (χ0v) is 22.1. The minimum atomic E-state index is -1.03. The number of aromatic amines is 1. The van der Waals surface area contributed by atoms with Gasteiger partial charge >= 0.3 is 0 Å². The average molecular weight is 536 g/mol. The van der Waals surface area contributed by atoms with Gasteiger partial charge in [0.25, 0.3) is 5.91 Å². The number of fused-ring (bicyclic) bond motifs is 2. The molecule has 2 saturated carbocycles. The molecule has 2 aromatic heterocycles. The Balaban J connectivity index is 1.25. The van der Waals surface area contributed by atoms with Gasteiger partial charge < -0.3 is 34.9 Å². The fourth-order valence-corrected chi connectivity index (χ4v) is 5.34. The molecule has 0 bridgehead atoms. The summed E-state index contributed by atoms with van der Waals surface area (Å²) in [7, 11) is 0. The topological polar surface area (TPSA) is 148 Å². The Morgan fingerprint density at radius 3 is 2.56 bits per heavy atom. The van der Waals surface area contributed by atoms with E-state index in [1.54, 1.807) is 0 Å². The number of ether oxygens (including phenoxy) is 3. The number of aromatic nitrogens is 3. The number of hydrogen-bond donors (Lipinski definition) is 4. The molecule has 2 fully saturated rings. The summed E-state index contributed by atoms with van der Waals surface area (Å²) in [5.74, 6) is 1.85. The molecule has 3 aliphatic rings. The number of nitrogens with zero attached hydrogens (tertiary/aromatic N) is 2. The van der Waals surface area contributed by atoms with Gasteiger partial charge in [-0.1, -0.05) is 0 Å². The Hall–Kier alpha value is -3.86. The van der Waals surface area contributed by atoms with Crippen LogP contribution < -0.4 is 24.8 Å². The van der Waals surface area contributed by atoms with E-state index < -0.39 is 6.10 Å². The third kappa shape index (κ3) is 5.10. The molecular weight excluding hydrogens is 502 g/mol. The quantitative estimate of drug-likeness (QED) is 0.344. The van der Waals surface area contributed by atoms with E-state index in [2.05, 4.69) is 25.6 Å². The molecule has 2 amide bonds. The standard InChI is InChI=1S/C28H33N5O6/c1-14-21(28(36)33-18-7-5-17(6-8-18)32-27(35)15(2)34)23-25(31-14)24(30-12-29-23)22-19(37-11-16-3-4-16)9-10-20-26(22)39-13-38-20/h9-10,12,15-18,31,34H,3-8,11,13H2,1-2H3,(H,32,35)(H,33,36)/t15-,17-,18+/m0/s1. The summed E-state index contributed by atoms with van der Waals surface area (Å²) in [5, 5.41) is 15.5. The van der Waals surface area contributed by atoms with E-state index in [0.717, 1.165) is 25.7 Å². The van der Waals surface area contributed by atoms with E-state index in [0.29, 0.717) is 63.3 Å². The second kappa shape index (κ2) is 10.4. The number of hydrogen-bond acceptors (Lipinski definition) is 8. The molecule has 2 aliphatic carbocycles. The lowest BCUT2D eigenvalue weighted by molar-refractivity contribution is -0.129. The van der Waals surface area contributed by atoms with Gasteiger partial charge in [-0.05, 0) is 70.4 Å². The van der Waals surface area contributed by atoms with Crippen molar-refractivity contribution in [3.05, 3.63) is 29.7 Å². The first-order valence-electron chi connectivity index (χ1n) is 13.6. The molecule has 1 aromatic carbocycles. The highest BCUT2D eigenvalue weighted by atomic mass is 16.7. The molecule has 0 spiro atoms. The first-order chi connectivity index (χ1) is 18.9. The number of aryl methyl sites for hydroxylation is 1. The second-order valence-corrected chi connectivity index (χ2v) is 10.7. The van der Waals surface area contributed by atoms with Gasteiger partial charge in [-0.25, -0.2) is 9.97 Å². The molecular formula is C28H33N5O6. The van der Waals surface area contributed by atoms with Gasteiger partial charge in [-0.3, -0.25) is 9.59 Å². The van der Waals surface area contributed by atoms with Crippen molar-refractivity contribution in [1.82, 2.24) is 25.6 Å². The van der Waals surface area contributed by atoms with Crippen LogP contribution in [-0.2, 0) is 4.79 Å². The van der Waals surface area contributed by atoms with Crippen LogP contribution in [0.15, 0.2) is 18.5 Å². The summed E-state index contributed by atoms with van der Waals surface area (Å²) in [4.78, 5) is 37.7. The Kier molecular flexibility index (Phi) is 6.76. The van der Waals surface area contributed by atoms with E-state index in [1.165, 1.54) is 26.1 Å². The fraction of sp³-hybridized carbons (Fsp3) is 0.500. The number of aliphatic hydroxyl groups excluding tert-OH is 1. The number of carbonyl (C=O) groups is 2. The molecule has 1 aliphatic heterocycles. The molecule has 206 valence electrons. The van der Waals surface area contributed by atoms with Gasteiger partial charge in [0.2, 0.25) is 12.7 Å². The monoisotopic (exact) mass is 535 g/mol. The van der Waals surface area contributed by atoms with E-state index in [9.17, 15) is 14.7 Å². The van der Waals surface area contributed by atoms with Crippen molar-refractivity contribution in [3.8, 4) is 28.5 Å². The molecule has 4 N–H and O–H groups in total. The molecule has 11 heteroatoms. The van der Waals surface area contributed by atoms with Crippen LogP contribution in [-0.4, -0.2) is 63.5 Å². The van der Waals surface area contributed by atoms with Crippen LogP contribution in [0.25, 0.3) is 22.3 Å². The lowest BCUT2D eigenvalue weighted by Crippen LogP contribution is -2.46. The molecule has 6 rings (SSSR count). The minimum Gasteiger partial charge on any atom is -0.492 e. The first-order valence-corrected chi connectivity index (χ1v) is 13.6. The van der Waals surface area contributed by atoms with E-state index in [-0.39, 0.29) is 30.7 Å². The lowest BCUT2D eigenvalue weighted by atomic mass is 9.90. The van der Waals surface area contributed by atoms with Gasteiger partial charge in [-0.15, -0.1) is 0 Å². The maximum Gasteiger partial charge on any atom is 0.255 e. The number of rotatable bonds is 8. The fourth-order valence-electron chi connectivity index (χ4n) is 5.34. The number of amides is 2. The van der Waals surface area contributed by atoms with Crippen molar-refractivity contribution in [3.63, 3.8) is 0 Å². The van der Waals surface area contributed by atoms with Crippen molar-refractivity contribution in [2.24, 2.45) is 5.92 Å². The summed E-state index contributed by atoms with van der Waals surface area (Å²) in [5.41, 5.74) is 3.59.